The number of carbonyl (C=O) groups excluding carboxylic acids is 1. The van der Waals surface area contributed by atoms with Crippen molar-refractivity contribution in [3.63, 3.8) is 0 Å². The number of thioether (sulfide) groups is 1. The molecule has 2 aromatic carbocycles. The first-order valence-electron chi connectivity index (χ1n) is 9.76. The Labute approximate surface area is 205 Å². The second kappa shape index (κ2) is 9.74. The van der Waals surface area contributed by atoms with E-state index in [1.807, 2.05) is 13.8 Å². The van der Waals surface area contributed by atoms with Gasteiger partial charge in [0.05, 0.1) is 11.4 Å². The molecule has 0 spiro atoms. The van der Waals surface area contributed by atoms with Crippen LogP contribution in [0.1, 0.15) is 22.5 Å². The van der Waals surface area contributed by atoms with E-state index in [1.165, 1.54) is 18.2 Å². The van der Waals surface area contributed by atoms with Crippen molar-refractivity contribution in [2.75, 3.05) is 11.1 Å². The van der Waals surface area contributed by atoms with E-state index in [9.17, 15) is 13.6 Å². The summed E-state index contributed by atoms with van der Waals surface area (Å²) in [6, 6.07) is 8.96. The number of amides is 1. The highest BCUT2D eigenvalue weighted by atomic mass is 79.9. The number of anilines is 1. The molecule has 2 aromatic heterocycles. The van der Waals surface area contributed by atoms with Gasteiger partial charge < -0.3 is 5.32 Å². The van der Waals surface area contributed by atoms with E-state index in [1.54, 1.807) is 22.7 Å². The number of aryl methyl sites for hydroxylation is 2. The Hall–Kier alpha value is -2.56. The summed E-state index contributed by atoms with van der Waals surface area (Å²) in [7, 11) is 0. The van der Waals surface area contributed by atoms with E-state index < -0.39 is 11.7 Å². The predicted molar refractivity (Wildman–Crippen MR) is 128 cm³/mol. The highest BCUT2D eigenvalue weighted by Crippen LogP contribution is 2.26. The van der Waals surface area contributed by atoms with Gasteiger partial charge in [-0.15, -0.1) is 5.10 Å². The molecule has 0 saturated carbocycles. The van der Waals surface area contributed by atoms with Crippen LogP contribution >= 0.6 is 39.3 Å². The van der Waals surface area contributed by atoms with Crippen LogP contribution in [0.25, 0.3) is 5.78 Å². The zero-order valence-corrected chi connectivity index (χ0v) is 20.7. The third-order valence-electron chi connectivity index (χ3n) is 4.98. The van der Waals surface area contributed by atoms with E-state index in [2.05, 4.69) is 36.3 Å². The number of nitrogens with zero attached hydrogens (tertiary/aromatic N) is 4. The summed E-state index contributed by atoms with van der Waals surface area (Å²) in [5.41, 5.74) is 2.71. The molecule has 1 N–H and O–H groups in total. The number of hydrogen-bond donors (Lipinski definition) is 1. The van der Waals surface area contributed by atoms with Crippen molar-refractivity contribution in [2.24, 2.45) is 0 Å². The summed E-state index contributed by atoms with van der Waals surface area (Å²) in [4.78, 5) is 21.1. The van der Waals surface area contributed by atoms with Gasteiger partial charge in [0.15, 0.2) is 0 Å². The van der Waals surface area contributed by atoms with Gasteiger partial charge in [-0.3, -0.25) is 4.79 Å². The van der Waals surface area contributed by atoms with Crippen LogP contribution in [0.4, 0.5) is 14.5 Å². The van der Waals surface area contributed by atoms with Crippen molar-refractivity contribution in [2.45, 2.75) is 25.4 Å². The summed E-state index contributed by atoms with van der Waals surface area (Å²) in [5, 5.41) is 7.64. The molecule has 4 rings (SSSR count). The lowest BCUT2D eigenvalue weighted by Crippen LogP contribution is -2.15. The molecule has 0 fully saturated rings. The normalized spacial score (nSPS) is 11.2. The van der Waals surface area contributed by atoms with Crippen molar-refractivity contribution in [1.29, 1.82) is 0 Å². The number of nitrogens with one attached hydrogen (secondary N) is 1. The van der Waals surface area contributed by atoms with Crippen molar-refractivity contribution in [3.8, 4) is 0 Å². The molecule has 0 unspecified atom stereocenters. The molecular formula is C22H17BrClF2N5OS. The van der Waals surface area contributed by atoms with E-state index in [4.69, 9.17) is 11.6 Å². The Bertz CT molecular complexity index is 1360. The summed E-state index contributed by atoms with van der Waals surface area (Å²) < 4.78 is 30.3. The fourth-order valence-corrected chi connectivity index (χ4v) is 4.47. The second-order valence-electron chi connectivity index (χ2n) is 7.21. The number of carbonyl (C=O) groups is 1. The van der Waals surface area contributed by atoms with Gasteiger partial charge in [0.1, 0.15) is 11.6 Å². The molecule has 0 aliphatic rings. The van der Waals surface area contributed by atoms with Crippen LogP contribution in [-0.4, -0.2) is 31.2 Å². The van der Waals surface area contributed by atoms with Crippen LogP contribution in [0.15, 0.2) is 46.0 Å². The average molecular weight is 553 g/mol. The minimum atomic E-state index is -0.536. The largest absolute Gasteiger partial charge is 0.323 e. The Balaban J connectivity index is 1.52. The standard InChI is InChI=1S/C22H17BrClF2N5OS/c1-11-14(9-15-16(24)4-3-5-17(15)25)12(2)31-21(27-11)29-22(30-31)33-10-20(32)28-19-7-6-13(23)8-18(19)26/h3-8H,9-10H2,1-2H3,(H,28,32). The van der Waals surface area contributed by atoms with Gasteiger partial charge in [-0.1, -0.05) is 45.4 Å². The summed E-state index contributed by atoms with van der Waals surface area (Å²) in [6.45, 7) is 3.66. The monoisotopic (exact) mass is 551 g/mol. The van der Waals surface area contributed by atoms with Gasteiger partial charge in [-0.05, 0) is 49.7 Å². The quantitative estimate of drug-likeness (QED) is 0.308. The average Bonchev–Trinajstić information content (AvgIpc) is 3.16. The molecule has 33 heavy (non-hydrogen) atoms. The first-order valence-corrected chi connectivity index (χ1v) is 11.9. The molecule has 0 atom stereocenters. The van der Waals surface area contributed by atoms with E-state index in [0.717, 1.165) is 23.0 Å². The SMILES string of the molecule is Cc1nc2nc(SCC(=O)Nc3ccc(Br)cc3F)nn2c(C)c1Cc1c(F)cccc1Cl. The van der Waals surface area contributed by atoms with Crippen molar-refractivity contribution in [3.05, 3.63) is 80.0 Å². The predicted octanol–water partition coefficient (Wildman–Crippen LogP) is 5.76. The molecule has 2 heterocycles. The Morgan fingerprint density at radius 2 is 1.94 bits per heavy atom. The molecule has 1 amide bonds. The third-order valence-corrected chi connectivity index (χ3v) is 6.67. The summed E-state index contributed by atoms with van der Waals surface area (Å²) >= 11 is 10.5. The van der Waals surface area contributed by atoms with E-state index in [0.29, 0.717) is 31.7 Å². The molecule has 4 aromatic rings. The van der Waals surface area contributed by atoms with Gasteiger partial charge in [0, 0.05) is 32.9 Å². The van der Waals surface area contributed by atoms with Crippen LogP contribution in [-0.2, 0) is 11.2 Å². The lowest BCUT2D eigenvalue weighted by Gasteiger charge is -2.12. The van der Waals surface area contributed by atoms with Gasteiger partial charge in [-0.2, -0.15) is 4.98 Å². The second-order valence-corrected chi connectivity index (χ2v) is 9.47. The molecule has 0 bridgehead atoms. The maximum absolute atomic E-state index is 14.3. The van der Waals surface area contributed by atoms with Gasteiger partial charge in [-0.25, -0.2) is 18.3 Å². The molecule has 0 aliphatic heterocycles. The van der Waals surface area contributed by atoms with Crippen LogP contribution in [0.3, 0.4) is 0 Å². The minimum Gasteiger partial charge on any atom is -0.323 e. The number of aromatic nitrogens is 4. The van der Waals surface area contributed by atoms with Crippen LogP contribution < -0.4 is 5.32 Å². The summed E-state index contributed by atoms with van der Waals surface area (Å²) in [5.74, 6) is -0.954. The molecular weight excluding hydrogens is 536 g/mol. The van der Waals surface area contributed by atoms with Gasteiger partial charge in [0.25, 0.3) is 5.78 Å². The van der Waals surface area contributed by atoms with E-state index in [-0.39, 0.29) is 23.7 Å². The highest BCUT2D eigenvalue weighted by molar-refractivity contribution is 9.10. The minimum absolute atomic E-state index is 0.0118. The number of hydrogen-bond acceptors (Lipinski definition) is 5. The topological polar surface area (TPSA) is 72.2 Å². The Morgan fingerprint density at radius 3 is 2.67 bits per heavy atom. The zero-order chi connectivity index (χ0) is 23.7. The van der Waals surface area contributed by atoms with Gasteiger partial charge in [0.2, 0.25) is 11.1 Å². The van der Waals surface area contributed by atoms with Crippen LogP contribution in [0, 0.1) is 25.5 Å². The molecule has 6 nitrogen and oxygen atoms in total. The number of fused-ring (bicyclic) bond motifs is 1. The Morgan fingerprint density at radius 1 is 1.15 bits per heavy atom. The molecule has 0 radical (unpaired) electrons. The smallest absolute Gasteiger partial charge is 0.253 e. The molecule has 0 aliphatic carbocycles. The van der Waals surface area contributed by atoms with E-state index >= 15 is 0 Å². The van der Waals surface area contributed by atoms with Crippen molar-refractivity contribution >= 4 is 56.7 Å². The lowest BCUT2D eigenvalue weighted by atomic mass is 10.0. The lowest BCUT2D eigenvalue weighted by molar-refractivity contribution is -0.113. The number of rotatable bonds is 6. The maximum Gasteiger partial charge on any atom is 0.253 e. The molecule has 170 valence electrons. The van der Waals surface area contributed by atoms with Crippen molar-refractivity contribution in [1.82, 2.24) is 19.6 Å². The number of benzene rings is 2. The number of halogens is 4. The highest BCUT2D eigenvalue weighted by Gasteiger charge is 2.18. The van der Waals surface area contributed by atoms with Crippen LogP contribution in [0.2, 0.25) is 5.02 Å². The zero-order valence-electron chi connectivity index (χ0n) is 17.5. The molecule has 0 saturated heterocycles. The fourth-order valence-electron chi connectivity index (χ4n) is 3.29. The maximum atomic E-state index is 14.3. The third kappa shape index (κ3) is 5.18. The fraction of sp³-hybridized carbons (Fsp3) is 0.182. The van der Waals surface area contributed by atoms with Gasteiger partial charge >= 0.3 is 0 Å². The summed E-state index contributed by atoms with van der Waals surface area (Å²) in [6.07, 6.45) is 0.260. The molecule has 11 heteroatoms. The Kier molecular flexibility index (Phi) is 6.96. The van der Waals surface area contributed by atoms with Crippen LogP contribution in [0.5, 0.6) is 0 Å². The van der Waals surface area contributed by atoms with Crippen molar-refractivity contribution < 1.29 is 13.6 Å². The first kappa shape index (κ1) is 23.6. The first-order chi connectivity index (χ1) is 15.7.